The van der Waals surface area contributed by atoms with E-state index in [0.29, 0.717) is 6.04 Å². The third-order valence-electron chi connectivity index (χ3n) is 4.29. The molecule has 1 fully saturated rings. The van der Waals surface area contributed by atoms with Crippen LogP contribution in [0.15, 0.2) is 18.2 Å². The van der Waals surface area contributed by atoms with Gasteiger partial charge in [0.25, 0.3) is 0 Å². The van der Waals surface area contributed by atoms with Crippen LogP contribution in [0.5, 0.6) is 0 Å². The number of likely N-dealkylation sites (tertiary alicyclic amines) is 1. The van der Waals surface area contributed by atoms with Gasteiger partial charge in [0.05, 0.1) is 0 Å². The van der Waals surface area contributed by atoms with Gasteiger partial charge >= 0.3 is 0 Å². The topological polar surface area (TPSA) is 15.3 Å². The summed E-state index contributed by atoms with van der Waals surface area (Å²) in [4.78, 5) is 2.69. The average Bonchev–Trinajstić information content (AvgIpc) is 2.40. The highest BCUT2D eigenvalue weighted by molar-refractivity contribution is 5.56. The second-order valence-electron chi connectivity index (χ2n) is 5.44. The minimum Gasteiger partial charge on any atom is -0.383 e. The minimum absolute atomic E-state index is 0.712. The van der Waals surface area contributed by atoms with Crippen molar-refractivity contribution in [1.29, 1.82) is 0 Å². The average molecular weight is 230 g/mol. The predicted octanol–water partition coefficient (Wildman–Crippen LogP) is 2.82. The number of hydrogen-bond acceptors (Lipinski definition) is 2. The van der Waals surface area contributed by atoms with E-state index in [2.05, 4.69) is 35.3 Å². The van der Waals surface area contributed by atoms with Crippen LogP contribution in [-0.4, -0.2) is 30.6 Å². The molecule has 2 aliphatic rings. The smallest absolute Gasteiger partial charge is 0.0376 e. The van der Waals surface area contributed by atoms with E-state index >= 15 is 0 Å². The van der Waals surface area contributed by atoms with Gasteiger partial charge in [-0.25, -0.2) is 0 Å². The molecule has 0 amide bonds. The summed E-state index contributed by atoms with van der Waals surface area (Å²) < 4.78 is 0. The molecular weight excluding hydrogens is 208 g/mol. The molecular formula is C15H22N2. The molecule has 1 aromatic rings. The molecule has 0 aromatic heterocycles. The van der Waals surface area contributed by atoms with Crippen LogP contribution in [0.25, 0.3) is 0 Å². The van der Waals surface area contributed by atoms with Gasteiger partial charge in [-0.15, -0.1) is 0 Å². The summed E-state index contributed by atoms with van der Waals surface area (Å²) in [7, 11) is 0. The Bertz CT molecular complexity index is 394. The maximum Gasteiger partial charge on any atom is 0.0376 e. The molecule has 0 spiro atoms. The van der Waals surface area contributed by atoms with Crippen LogP contribution < -0.4 is 5.32 Å². The van der Waals surface area contributed by atoms with Crippen LogP contribution in [0.1, 0.15) is 30.4 Å². The molecule has 0 aliphatic carbocycles. The summed E-state index contributed by atoms with van der Waals surface area (Å²) in [5.74, 6) is 0. The number of nitrogens with one attached hydrogen (secondary N) is 1. The molecule has 92 valence electrons. The molecule has 3 rings (SSSR count). The molecule has 1 N–H and O–H groups in total. The van der Waals surface area contributed by atoms with E-state index in [1.807, 2.05) is 0 Å². The molecule has 1 aromatic carbocycles. The number of rotatable bonds is 1. The fourth-order valence-corrected chi connectivity index (χ4v) is 3.22. The maximum absolute atomic E-state index is 3.61. The van der Waals surface area contributed by atoms with E-state index in [1.165, 1.54) is 55.6 Å². The molecule has 17 heavy (non-hydrogen) atoms. The quantitative estimate of drug-likeness (QED) is 0.798. The van der Waals surface area contributed by atoms with Crippen molar-refractivity contribution in [3.63, 3.8) is 0 Å². The monoisotopic (exact) mass is 230 g/mol. The molecule has 1 saturated heterocycles. The van der Waals surface area contributed by atoms with Gasteiger partial charge in [0.2, 0.25) is 0 Å². The van der Waals surface area contributed by atoms with Crippen molar-refractivity contribution >= 4 is 5.69 Å². The second-order valence-corrected chi connectivity index (χ2v) is 5.44. The summed E-state index contributed by atoms with van der Waals surface area (Å²) in [6, 6.07) is 7.32. The summed E-state index contributed by atoms with van der Waals surface area (Å²) in [5, 5.41) is 3.61. The van der Waals surface area contributed by atoms with Crippen molar-refractivity contribution in [3.05, 3.63) is 29.3 Å². The summed E-state index contributed by atoms with van der Waals surface area (Å²) in [6.45, 7) is 5.96. The van der Waals surface area contributed by atoms with E-state index in [0.717, 1.165) is 6.54 Å². The van der Waals surface area contributed by atoms with Crippen molar-refractivity contribution < 1.29 is 0 Å². The minimum atomic E-state index is 0.712. The molecule has 0 saturated carbocycles. The van der Waals surface area contributed by atoms with Gasteiger partial charge in [0, 0.05) is 18.3 Å². The van der Waals surface area contributed by atoms with Crippen LogP contribution in [0.3, 0.4) is 0 Å². The second kappa shape index (κ2) is 4.69. The van der Waals surface area contributed by atoms with E-state index in [-0.39, 0.29) is 0 Å². The van der Waals surface area contributed by atoms with E-state index in [9.17, 15) is 0 Å². The van der Waals surface area contributed by atoms with Gasteiger partial charge in [-0.1, -0.05) is 18.6 Å². The first-order valence-electron chi connectivity index (χ1n) is 6.91. The van der Waals surface area contributed by atoms with E-state index < -0.39 is 0 Å². The molecule has 1 atom stereocenters. The zero-order valence-corrected chi connectivity index (χ0v) is 10.7. The standard InChI is InChI=1S/C15H22N2/c1-12-6-5-7-15-14(12)10-13(11-16-15)17-8-3-2-4-9-17/h5-7,13,16H,2-4,8-11H2,1H3. The van der Waals surface area contributed by atoms with Gasteiger partial charge in [-0.2, -0.15) is 0 Å². The van der Waals surface area contributed by atoms with Crippen LogP contribution >= 0.6 is 0 Å². The van der Waals surface area contributed by atoms with Crippen LogP contribution in [0.2, 0.25) is 0 Å². The number of aryl methyl sites for hydroxylation is 1. The Labute approximate surface area is 104 Å². The van der Waals surface area contributed by atoms with Crippen molar-refractivity contribution in [2.45, 2.75) is 38.6 Å². The number of anilines is 1. The number of benzene rings is 1. The molecule has 2 heteroatoms. The number of piperidine rings is 1. The van der Waals surface area contributed by atoms with Crippen LogP contribution in [-0.2, 0) is 6.42 Å². The number of nitrogens with zero attached hydrogens (tertiary/aromatic N) is 1. The summed E-state index contributed by atoms with van der Waals surface area (Å²) >= 11 is 0. The molecule has 2 nitrogen and oxygen atoms in total. The SMILES string of the molecule is Cc1cccc2c1CC(N1CCCCC1)CN2. The molecule has 2 heterocycles. The van der Waals surface area contributed by atoms with E-state index in [1.54, 1.807) is 0 Å². The fraction of sp³-hybridized carbons (Fsp3) is 0.600. The maximum atomic E-state index is 3.61. The summed E-state index contributed by atoms with van der Waals surface area (Å²) in [6.07, 6.45) is 5.43. The highest BCUT2D eigenvalue weighted by Crippen LogP contribution is 2.27. The normalized spacial score (nSPS) is 25.1. The number of fused-ring (bicyclic) bond motifs is 1. The highest BCUT2D eigenvalue weighted by Gasteiger charge is 2.25. The molecule has 0 bridgehead atoms. The van der Waals surface area contributed by atoms with Gasteiger partial charge in [-0.05, 0) is 56.5 Å². The first kappa shape index (κ1) is 11.1. The van der Waals surface area contributed by atoms with Crippen LogP contribution in [0, 0.1) is 6.92 Å². The lowest BCUT2D eigenvalue weighted by atomic mass is 9.93. The Balaban J connectivity index is 1.77. The predicted molar refractivity (Wildman–Crippen MR) is 72.6 cm³/mol. The van der Waals surface area contributed by atoms with E-state index in [4.69, 9.17) is 0 Å². The first-order valence-corrected chi connectivity index (χ1v) is 6.91. The highest BCUT2D eigenvalue weighted by atomic mass is 15.2. The Hall–Kier alpha value is -1.02. The Kier molecular flexibility index (Phi) is 3.06. The van der Waals surface area contributed by atoms with Gasteiger partial charge in [-0.3, -0.25) is 4.90 Å². The van der Waals surface area contributed by atoms with Gasteiger partial charge in [0.1, 0.15) is 0 Å². The van der Waals surface area contributed by atoms with Crippen molar-refractivity contribution in [3.8, 4) is 0 Å². The molecule has 0 radical (unpaired) electrons. The number of hydrogen-bond donors (Lipinski definition) is 1. The van der Waals surface area contributed by atoms with Crippen molar-refractivity contribution in [2.24, 2.45) is 0 Å². The zero-order chi connectivity index (χ0) is 11.7. The van der Waals surface area contributed by atoms with Crippen molar-refractivity contribution in [2.75, 3.05) is 25.0 Å². The Morgan fingerprint density at radius 3 is 2.82 bits per heavy atom. The lowest BCUT2D eigenvalue weighted by molar-refractivity contribution is 0.166. The molecule has 1 unspecified atom stereocenters. The zero-order valence-electron chi connectivity index (χ0n) is 10.7. The van der Waals surface area contributed by atoms with Gasteiger partial charge in [0.15, 0.2) is 0 Å². The lowest BCUT2D eigenvalue weighted by Crippen LogP contribution is -2.46. The van der Waals surface area contributed by atoms with Gasteiger partial charge < -0.3 is 5.32 Å². The summed E-state index contributed by atoms with van der Waals surface area (Å²) in [5.41, 5.74) is 4.34. The Morgan fingerprint density at radius 1 is 1.18 bits per heavy atom. The van der Waals surface area contributed by atoms with Crippen LogP contribution in [0.4, 0.5) is 5.69 Å². The third kappa shape index (κ3) is 2.19. The molecule has 2 aliphatic heterocycles. The van der Waals surface area contributed by atoms with Crippen molar-refractivity contribution in [1.82, 2.24) is 4.90 Å². The third-order valence-corrected chi connectivity index (χ3v) is 4.29. The lowest BCUT2D eigenvalue weighted by Gasteiger charge is -2.38. The fourth-order valence-electron chi connectivity index (χ4n) is 3.22. The largest absolute Gasteiger partial charge is 0.383 e. The Morgan fingerprint density at radius 2 is 2.00 bits per heavy atom. The first-order chi connectivity index (χ1) is 8.34.